The summed E-state index contributed by atoms with van der Waals surface area (Å²) in [5.41, 5.74) is 0.329. The molecule has 1 aromatic heterocycles. The lowest BCUT2D eigenvalue weighted by Crippen LogP contribution is -1.96. The Morgan fingerprint density at radius 1 is 1.75 bits per heavy atom. The average Bonchev–Trinajstić information content (AvgIpc) is 2.34. The van der Waals surface area contributed by atoms with Gasteiger partial charge in [-0.1, -0.05) is 6.92 Å². The van der Waals surface area contributed by atoms with Crippen LogP contribution in [0, 0.1) is 0 Å². The summed E-state index contributed by atoms with van der Waals surface area (Å²) in [7, 11) is 0. The molecule has 1 aromatic rings. The smallest absolute Gasteiger partial charge is 0.337 e. The van der Waals surface area contributed by atoms with Crippen LogP contribution in [0.1, 0.15) is 23.7 Å². The van der Waals surface area contributed by atoms with E-state index in [-0.39, 0.29) is 0 Å². The van der Waals surface area contributed by atoms with Gasteiger partial charge in [-0.2, -0.15) is 0 Å². The summed E-state index contributed by atoms with van der Waals surface area (Å²) in [6.45, 7) is 2.89. The first kappa shape index (κ1) is 9.32. The normalized spacial score (nSPS) is 10.2. The molecule has 0 aromatic carbocycles. The van der Waals surface area contributed by atoms with Gasteiger partial charge in [0.15, 0.2) is 0 Å². The third-order valence-corrected chi connectivity index (χ3v) is 2.24. The van der Waals surface area contributed by atoms with Gasteiger partial charge >= 0.3 is 5.97 Å². The van der Waals surface area contributed by atoms with Crippen molar-refractivity contribution in [2.45, 2.75) is 19.9 Å². The molecule has 0 aliphatic carbocycles. The van der Waals surface area contributed by atoms with E-state index in [4.69, 9.17) is 5.11 Å². The van der Waals surface area contributed by atoms with Gasteiger partial charge in [-0.05, 0) is 28.4 Å². The third kappa shape index (κ3) is 1.88. The predicted molar refractivity (Wildman–Crippen MR) is 49.4 cm³/mol. The topological polar surface area (TPSA) is 42.2 Å². The van der Waals surface area contributed by atoms with E-state index >= 15 is 0 Å². The zero-order valence-electron chi connectivity index (χ0n) is 6.75. The van der Waals surface area contributed by atoms with Crippen molar-refractivity contribution in [2.75, 3.05) is 0 Å². The molecular formula is C8H10BrNO2. The van der Waals surface area contributed by atoms with Gasteiger partial charge in [0.2, 0.25) is 0 Å². The molecule has 0 aliphatic rings. The number of carbonyl (C=O) groups is 1. The Balaban J connectivity index is 2.92. The van der Waals surface area contributed by atoms with Crippen LogP contribution in [0.15, 0.2) is 16.9 Å². The van der Waals surface area contributed by atoms with Crippen LogP contribution < -0.4 is 0 Å². The average molecular weight is 232 g/mol. The highest BCUT2D eigenvalue weighted by molar-refractivity contribution is 9.10. The number of nitrogens with zero attached hydrogens (tertiary/aromatic N) is 1. The first-order valence-electron chi connectivity index (χ1n) is 3.74. The summed E-state index contributed by atoms with van der Waals surface area (Å²) in [6.07, 6.45) is 2.63. The molecule has 12 heavy (non-hydrogen) atoms. The molecule has 0 spiro atoms. The van der Waals surface area contributed by atoms with Crippen LogP contribution in [-0.2, 0) is 6.54 Å². The first-order valence-corrected chi connectivity index (χ1v) is 4.53. The molecule has 0 unspecified atom stereocenters. The van der Waals surface area contributed by atoms with Crippen LogP contribution in [0.3, 0.4) is 0 Å². The highest BCUT2D eigenvalue weighted by atomic mass is 79.9. The number of carboxylic acid groups (broad SMARTS) is 1. The summed E-state index contributed by atoms with van der Waals surface area (Å²) in [4.78, 5) is 10.5. The van der Waals surface area contributed by atoms with Crippen molar-refractivity contribution in [3.8, 4) is 0 Å². The molecule has 1 rings (SSSR count). The zero-order chi connectivity index (χ0) is 9.14. The van der Waals surface area contributed by atoms with Crippen LogP contribution in [0.4, 0.5) is 0 Å². The molecule has 0 saturated heterocycles. The number of carboxylic acids is 1. The summed E-state index contributed by atoms with van der Waals surface area (Å²) in [6, 6.07) is 1.61. The Morgan fingerprint density at radius 3 is 2.83 bits per heavy atom. The second-order valence-electron chi connectivity index (χ2n) is 2.55. The Morgan fingerprint density at radius 2 is 2.42 bits per heavy atom. The molecule has 0 fully saturated rings. The Labute approximate surface area is 79.1 Å². The largest absolute Gasteiger partial charge is 0.478 e. The Bertz CT molecular complexity index is 293. The van der Waals surface area contributed by atoms with E-state index in [2.05, 4.69) is 15.9 Å². The van der Waals surface area contributed by atoms with Crippen molar-refractivity contribution in [3.63, 3.8) is 0 Å². The predicted octanol–water partition coefficient (Wildman–Crippen LogP) is 2.36. The van der Waals surface area contributed by atoms with Crippen molar-refractivity contribution in [2.24, 2.45) is 0 Å². The van der Waals surface area contributed by atoms with E-state index < -0.39 is 5.97 Å². The maximum Gasteiger partial charge on any atom is 0.337 e. The van der Waals surface area contributed by atoms with E-state index in [1.54, 1.807) is 12.3 Å². The summed E-state index contributed by atoms with van der Waals surface area (Å²) >= 11 is 3.29. The molecule has 1 N–H and O–H groups in total. The molecule has 1 heterocycles. The molecule has 0 saturated carbocycles. The summed E-state index contributed by atoms with van der Waals surface area (Å²) < 4.78 is 2.70. The number of rotatable bonds is 3. The third-order valence-electron chi connectivity index (χ3n) is 1.56. The van der Waals surface area contributed by atoms with Gasteiger partial charge in [0.25, 0.3) is 0 Å². The Kier molecular flexibility index (Phi) is 2.92. The maximum atomic E-state index is 10.5. The SMILES string of the molecule is CCCn1cc(C(=O)O)cc1Br. The minimum absolute atomic E-state index is 0.329. The number of aromatic nitrogens is 1. The molecule has 0 bridgehead atoms. The van der Waals surface area contributed by atoms with Gasteiger partial charge in [-0.15, -0.1) is 0 Å². The molecule has 0 amide bonds. The standard InChI is InChI=1S/C8H10BrNO2/c1-2-3-10-5-6(8(11)12)4-7(10)9/h4-5H,2-3H2,1H3,(H,11,12). The van der Waals surface area contributed by atoms with Gasteiger partial charge in [0, 0.05) is 12.7 Å². The van der Waals surface area contributed by atoms with Crippen LogP contribution in [0.2, 0.25) is 0 Å². The number of halogens is 1. The summed E-state index contributed by atoms with van der Waals surface area (Å²) in [5.74, 6) is -0.884. The summed E-state index contributed by atoms with van der Waals surface area (Å²) in [5, 5.41) is 8.66. The zero-order valence-corrected chi connectivity index (χ0v) is 8.34. The number of aryl methyl sites for hydroxylation is 1. The molecule has 0 aliphatic heterocycles. The van der Waals surface area contributed by atoms with E-state index in [9.17, 15) is 4.79 Å². The van der Waals surface area contributed by atoms with Crippen molar-refractivity contribution >= 4 is 21.9 Å². The lowest BCUT2D eigenvalue weighted by molar-refractivity contribution is 0.0697. The second-order valence-corrected chi connectivity index (χ2v) is 3.36. The van der Waals surface area contributed by atoms with Crippen molar-refractivity contribution in [1.29, 1.82) is 0 Å². The van der Waals surface area contributed by atoms with E-state index in [0.717, 1.165) is 17.6 Å². The van der Waals surface area contributed by atoms with E-state index in [1.165, 1.54) is 0 Å². The Hall–Kier alpha value is -0.770. The fourth-order valence-corrected chi connectivity index (χ4v) is 1.53. The monoisotopic (exact) mass is 231 g/mol. The highest BCUT2D eigenvalue weighted by Gasteiger charge is 2.07. The van der Waals surface area contributed by atoms with Gasteiger partial charge in [0.05, 0.1) is 10.2 Å². The lowest BCUT2D eigenvalue weighted by atomic mass is 10.4. The van der Waals surface area contributed by atoms with Crippen LogP contribution >= 0.6 is 15.9 Å². The number of aromatic carboxylic acids is 1. The highest BCUT2D eigenvalue weighted by Crippen LogP contribution is 2.15. The second kappa shape index (κ2) is 3.76. The van der Waals surface area contributed by atoms with Gasteiger partial charge in [0.1, 0.15) is 0 Å². The fraction of sp³-hybridized carbons (Fsp3) is 0.375. The molecule has 4 heteroatoms. The molecular weight excluding hydrogens is 222 g/mol. The van der Waals surface area contributed by atoms with Crippen molar-refractivity contribution in [3.05, 3.63) is 22.4 Å². The van der Waals surface area contributed by atoms with Crippen molar-refractivity contribution in [1.82, 2.24) is 4.57 Å². The molecule has 3 nitrogen and oxygen atoms in total. The number of hydrogen-bond acceptors (Lipinski definition) is 1. The van der Waals surface area contributed by atoms with Gasteiger partial charge < -0.3 is 9.67 Å². The number of hydrogen-bond donors (Lipinski definition) is 1. The van der Waals surface area contributed by atoms with Crippen LogP contribution in [-0.4, -0.2) is 15.6 Å². The molecule has 66 valence electrons. The minimum atomic E-state index is -0.884. The lowest BCUT2D eigenvalue weighted by Gasteiger charge is -1.99. The van der Waals surface area contributed by atoms with E-state index in [1.807, 2.05) is 11.5 Å². The van der Waals surface area contributed by atoms with Gasteiger partial charge in [-0.25, -0.2) is 4.79 Å². The minimum Gasteiger partial charge on any atom is -0.478 e. The van der Waals surface area contributed by atoms with Crippen LogP contribution in [0.25, 0.3) is 0 Å². The van der Waals surface area contributed by atoms with E-state index in [0.29, 0.717) is 5.56 Å². The van der Waals surface area contributed by atoms with Gasteiger partial charge in [-0.3, -0.25) is 0 Å². The fourth-order valence-electron chi connectivity index (χ4n) is 1.01. The quantitative estimate of drug-likeness (QED) is 0.869. The first-order chi connectivity index (χ1) is 5.65. The molecule has 0 atom stereocenters. The van der Waals surface area contributed by atoms with Crippen LogP contribution in [0.5, 0.6) is 0 Å². The molecule has 0 radical (unpaired) electrons. The van der Waals surface area contributed by atoms with Crippen molar-refractivity contribution < 1.29 is 9.90 Å². The maximum absolute atomic E-state index is 10.5.